The first-order chi connectivity index (χ1) is 47.5. The van der Waals surface area contributed by atoms with Gasteiger partial charge >= 0.3 is 21.7 Å². The Balaban J connectivity index is -0.000000333. The van der Waals surface area contributed by atoms with Gasteiger partial charge in [-0.15, -0.1) is 170 Å². The van der Waals surface area contributed by atoms with E-state index < -0.39 is 0 Å². The summed E-state index contributed by atoms with van der Waals surface area (Å²) in [6.45, 7) is 52.1. The average Bonchev–Trinajstić information content (AvgIpc) is 3.63. The van der Waals surface area contributed by atoms with Gasteiger partial charge in [0, 0.05) is 52.4 Å². The summed E-state index contributed by atoms with van der Waals surface area (Å²) in [6.07, 6.45) is 0. The summed E-state index contributed by atoms with van der Waals surface area (Å²) in [6, 6.07) is 138. The summed E-state index contributed by atoms with van der Waals surface area (Å²) in [5.41, 5.74) is 15.0. The van der Waals surface area contributed by atoms with Crippen molar-refractivity contribution in [2.45, 2.75) is 0 Å². The average molecular weight is 1580 g/mol. The molecular formula is C98H98Cl2TiZr2-12. The van der Waals surface area contributed by atoms with Crippen LogP contribution in [0.4, 0.5) is 0 Å². The maximum absolute atomic E-state index is 3.72. The van der Waals surface area contributed by atoms with E-state index in [0.717, 1.165) is 77.9 Å². The van der Waals surface area contributed by atoms with E-state index >= 15 is 0 Å². The molecule has 14 aromatic carbocycles. The molecule has 0 nitrogen and oxygen atoms in total. The number of benzene rings is 14. The molecule has 14 aromatic rings. The SMILES string of the molecule is [CH2-]c1ccccc1.[CH2-]c1ccccc1.[CH2-]c1ccccc1.[CH2-]c1ccccc1.[CH2-]c1ccccc1.[CH2-]c1ccccc1.[CH2-]c1ccccc1.[CH2-]c1ccccc1.[CH2-]c1ccccc1.[CH2-]c1ccccc1.[CH2-]c1ccccc1.[CH2-]c1ccccc1.[CH2-]c1ccccc1.[CH2-]c1ccccc1.[Cl-].[Cl-].[Ti+4].[Zr].[Zr]. The van der Waals surface area contributed by atoms with Crippen molar-refractivity contribution in [3.05, 3.63) is 599 Å². The Labute approximate surface area is 691 Å². The van der Waals surface area contributed by atoms with Gasteiger partial charge in [-0.3, -0.25) is 0 Å². The van der Waals surface area contributed by atoms with Gasteiger partial charge in [-0.1, -0.05) is 84.9 Å². The van der Waals surface area contributed by atoms with Gasteiger partial charge in [-0.2, -0.15) is 345 Å². The maximum Gasteiger partial charge on any atom is 4.00 e. The van der Waals surface area contributed by atoms with Crippen LogP contribution in [0, 0.1) is 96.9 Å². The molecule has 0 saturated carbocycles. The monoisotopic (exact) mass is 1570 g/mol. The van der Waals surface area contributed by atoms with Crippen molar-refractivity contribution < 1.29 is 98.9 Å². The zero-order valence-electron chi connectivity index (χ0n) is 59.6. The van der Waals surface area contributed by atoms with Crippen LogP contribution in [0.2, 0.25) is 0 Å². The molecule has 0 spiro atoms. The van der Waals surface area contributed by atoms with Gasteiger partial charge in [-0.25, -0.2) is 0 Å². The number of hydrogen-bond acceptors (Lipinski definition) is 0. The van der Waals surface area contributed by atoms with Crippen molar-refractivity contribution in [2.75, 3.05) is 0 Å². The van der Waals surface area contributed by atoms with Crippen molar-refractivity contribution in [3.63, 3.8) is 0 Å². The molecule has 0 bridgehead atoms. The molecule has 0 saturated heterocycles. The second kappa shape index (κ2) is 73.5. The third-order valence-electron chi connectivity index (χ3n) is 11.8. The van der Waals surface area contributed by atoms with Crippen molar-refractivity contribution in [1.82, 2.24) is 0 Å². The smallest absolute Gasteiger partial charge is 1.00 e. The van der Waals surface area contributed by atoms with Crippen molar-refractivity contribution in [3.8, 4) is 0 Å². The van der Waals surface area contributed by atoms with Gasteiger partial charge in [-0.05, 0) is 0 Å². The Hall–Kier alpha value is -9.68. The van der Waals surface area contributed by atoms with Gasteiger partial charge in [0.05, 0.1) is 0 Å². The minimum absolute atomic E-state index is 0. The van der Waals surface area contributed by atoms with Gasteiger partial charge < -0.3 is 24.8 Å². The molecule has 0 unspecified atom stereocenters. The van der Waals surface area contributed by atoms with Crippen LogP contribution in [0.3, 0.4) is 0 Å². The van der Waals surface area contributed by atoms with Crippen LogP contribution in [0.15, 0.2) is 425 Å². The van der Waals surface area contributed by atoms with Crippen LogP contribution >= 0.6 is 0 Å². The van der Waals surface area contributed by atoms with Gasteiger partial charge in [0.1, 0.15) is 0 Å². The van der Waals surface area contributed by atoms with Crippen LogP contribution in [0.5, 0.6) is 0 Å². The third kappa shape index (κ3) is 71.9. The van der Waals surface area contributed by atoms with E-state index in [4.69, 9.17) is 0 Å². The van der Waals surface area contributed by atoms with E-state index in [-0.39, 0.29) is 98.9 Å². The van der Waals surface area contributed by atoms with Crippen LogP contribution < -0.4 is 24.8 Å². The van der Waals surface area contributed by atoms with Crippen molar-refractivity contribution >= 4 is 0 Å². The van der Waals surface area contributed by atoms with Gasteiger partial charge in [0.15, 0.2) is 0 Å². The van der Waals surface area contributed by atoms with Crippen LogP contribution in [-0.2, 0) is 74.1 Å². The number of rotatable bonds is 0. The summed E-state index contributed by atoms with van der Waals surface area (Å²) in [4.78, 5) is 0. The fourth-order valence-corrected chi connectivity index (χ4v) is 6.69. The Morgan fingerprint density at radius 3 is 0.155 bits per heavy atom. The first-order valence-corrected chi connectivity index (χ1v) is 31.7. The molecule has 5 heteroatoms. The molecule has 0 aliphatic heterocycles. The zero-order valence-corrected chi connectivity index (χ0v) is 67.6. The van der Waals surface area contributed by atoms with Crippen molar-refractivity contribution in [1.29, 1.82) is 0 Å². The van der Waals surface area contributed by atoms with Crippen molar-refractivity contribution in [2.24, 2.45) is 0 Å². The summed E-state index contributed by atoms with van der Waals surface area (Å²) in [7, 11) is 0. The number of halogens is 2. The van der Waals surface area contributed by atoms with E-state index in [1.165, 1.54) is 0 Å². The Morgan fingerprint density at radius 2 is 0.136 bits per heavy atom. The topological polar surface area (TPSA) is 0 Å². The van der Waals surface area contributed by atoms with Gasteiger partial charge in [0.25, 0.3) is 0 Å². The van der Waals surface area contributed by atoms with E-state index in [1.54, 1.807) is 0 Å². The largest absolute Gasteiger partial charge is 4.00 e. The second-order valence-corrected chi connectivity index (χ2v) is 20.8. The fraction of sp³-hybridized carbons (Fsp3) is 0. The minimum Gasteiger partial charge on any atom is -1.00 e. The first kappa shape index (κ1) is 102. The zero-order chi connectivity index (χ0) is 71.6. The predicted octanol–water partition coefficient (Wildman–Crippen LogP) is 20.2. The van der Waals surface area contributed by atoms with E-state index in [1.807, 2.05) is 425 Å². The molecule has 14 rings (SSSR count). The van der Waals surface area contributed by atoms with E-state index in [0.29, 0.717) is 0 Å². The predicted molar refractivity (Wildman–Crippen MR) is 433 cm³/mol. The molecule has 528 valence electrons. The molecule has 0 N–H and O–H groups in total. The standard InChI is InChI=1S/14C7H7.2ClH.Ti.2Zr/c14*1-7-5-3-2-4-6-7;;;;;/h14*2-6H,1H2;2*1H;;;/q14*-1;;;+4;;/p-2. The number of hydrogen-bond donors (Lipinski definition) is 0. The van der Waals surface area contributed by atoms with Crippen LogP contribution in [0.1, 0.15) is 77.9 Å². The molecule has 0 heterocycles. The molecule has 0 aliphatic carbocycles. The summed E-state index contributed by atoms with van der Waals surface area (Å²) < 4.78 is 0. The maximum atomic E-state index is 3.72. The van der Waals surface area contributed by atoms with E-state index in [9.17, 15) is 0 Å². The summed E-state index contributed by atoms with van der Waals surface area (Å²) >= 11 is 0. The molecule has 0 atom stereocenters. The Morgan fingerprint density at radius 1 is 0.0971 bits per heavy atom. The Kier molecular flexibility index (Phi) is 72.8. The normalized spacial score (nSPS) is 8.16. The molecular weight excluding hydrogens is 1480 g/mol. The minimum atomic E-state index is 0. The Bertz CT molecular complexity index is 2860. The molecule has 0 radical (unpaired) electrons. The molecule has 103 heavy (non-hydrogen) atoms. The first-order valence-electron chi connectivity index (χ1n) is 31.7. The fourth-order valence-electron chi connectivity index (χ4n) is 6.69. The quantitative estimate of drug-likeness (QED) is 0.105. The molecule has 0 amide bonds. The molecule has 0 aromatic heterocycles. The molecule has 0 aliphatic rings. The summed E-state index contributed by atoms with van der Waals surface area (Å²) in [5, 5.41) is 0. The molecule has 0 fully saturated rings. The van der Waals surface area contributed by atoms with Crippen LogP contribution in [-0.4, -0.2) is 0 Å². The summed E-state index contributed by atoms with van der Waals surface area (Å²) in [5.74, 6) is 0. The van der Waals surface area contributed by atoms with Gasteiger partial charge in [0.2, 0.25) is 0 Å². The third-order valence-corrected chi connectivity index (χ3v) is 11.8. The second-order valence-electron chi connectivity index (χ2n) is 20.8. The van der Waals surface area contributed by atoms with Crippen LogP contribution in [0.25, 0.3) is 0 Å². The van der Waals surface area contributed by atoms with E-state index in [2.05, 4.69) is 96.9 Å².